The zero-order valence-electron chi connectivity index (χ0n) is 6.45. The summed E-state index contributed by atoms with van der Waals surface area (Å²) in [6.07, 6.45) is 1.43. The highest BCUT2D eigenvalue weighted by Gasteiger charge is 1.99. The lowest BCUT2D eigenvalue weighted by Gasteiger charge is -1.90. The van der Waals surface area contributed by atoms with Gasteiger partial charge < -0.3 is 5.73 Å². The lowest BCUT2D eigenvalue weighted by molar-refractivity contribution is 0.950. The summed E-state index contributed by atoms with van der Waals surface area (Å²) < 4.78 is 0. The van der Waals surface area contributed by atoms with E-state index in [1.807, 2.05) is 0 Å². The molecule has 0 bridgehead atoms. The summed E-state index contributed by atoms with van der Waals surface area (Å²) in [5.74, 6) is 1.18. The van der Waals surface area contributed by atoms with Gasteiger partial charge in [-0.25, -0.2) is 5.10 Å². The predicted octanol–water partition coefficient (Wildman–Crippen LogP) is 0.783. The van der Waals surface area contributed by atoms with E-state index < -0.39 is 0 Å². The minimum atomic E-state index is 0.331. The Kier molecular flexibility index (Phi) is 3.41. The van der Waals surface area contributed by atoms with E-state index in [0.717, 1.165) is 12.2 Å². The van der Waals surface area contributed by atoms with Crippen LogP contribution in [0.2, 0.25) is 0 Å². The smallest absolute Gasteiger partial charge is 0.216 e. The van der Waals surface area contributed by atoms with Gasteiger partial charge in [0.15, 0.2) is 0 Å². The number of H-pyrrole nitrogens is 1. The number of anilines is 1. The fourth-order valence-corrected chi connectivity index (χ4v) is 1.38. The highest BCUT2D eigenvalue weighted by molar-refractivity contribution is 7.99. The van der Waals surface area contributed by atoms with Crippen molar-refractivity contribution < 1.29 is 0 Å². The fraction of sp³-hybridized carbons (Fsp3) is 0.500. The number of nitrogen functional groups attached to an aromatic ring is 1. The molecule has 0 unspecified atom stereocenters. The maximum Gasteiger partial charge on any atom is 0.216 e. The number of hydrogen-bond donors (Lipinski definition) is 2. The maximum absolute atomic E-state index is 8.25. The van der Waals surface area contributed by atoms with Crippen molar-refractivity contribution in [2.24, 2.45) is 0 Å². The highest BCUT2D eigenvalue weighted by atomic mass is 32.2. The highest BCUT2D eigenvalue weighted by Crippen LogP contribution is 2.14. The van der Waals surface area contributed by atoms with Gasteiger partial charge in [-0.3, -0.25) is 0 Å². The zero-order valence-corrected chi connectivity index (χ0v) is 7.27. The van der Waals surface area contributed by atoms with Crippen molar-refractivity contribution in [3.8, 4) is 6.07 Å². The maximum atomic E-state index is 8.25. The lowest BCUT2D eigenvalue weighted by atomic mass is 10.4. The van der Waals surface area contributed by atoms with Crippen LogP contribution in [0.3, 0.4) is 0 Å². The molecule has 12 heavy (non-hydrogen) atoms. The van der Waals surface area contributed by atoms with Crippen molar-refractivity contribution in [3.05, 3.63) is 0 Å². The van der Waals surface area contributed by atoms with E-state index in [-0.39, 0.29) is 0 Å². The van der Waals surface area contributed by atoms with Crippen molar-refractivity contribution in [2.75, 3.05) is 11.5 Å². The number of rotatable bonds is 4. The second-order valence-corrected chi connectivity index (χ2v) is 3.18. The molecular weight excluding hydrogens is 174 g/mol. The number of hydrogen-bond acceptors (Lipinski definition) is 5. The Morgan fingerprint density at radius 2 is 2.50 bits per heavy atom. The van der Waals surface area contributed by atoms with Gasteiger partial charge in [-0.15, -0.1) is 5.10 Å². The minimum Gasteiger partial charge on any atom is -0.368 e. The molecule has 6 heteroatoms. The Hall–Kier alpha value is -1.22. The molecule has 1 heterocycles. The standard InChI is InChI=1S/C6H9N5S/c7-3-1-2-4-12-6-9-5(8)10-11-6/h1-2,4H2,(H3,8,9,10,11). The molecule has 0 atom stereocenters. The molecule has 0 fully saturated rings. The molecule has 1 aromatic heterocycles. The average molecular weight is 183 g/mol. The first-order valence-electron chi connectivity index (χ1n) is 3.50. The number of thioether (sulfide) groups is 1. The second kappa shape index (κ2) is 4.62. The number of nitriles is 1. The molecule has 3 N–H and O–H groups in total. The van der Waals surface area contributed by atoms with Gasteiger partial charge in [-0.2, -0.15) is 10.2 Å². The first kappa shape index (κ1) is 8.87. The Morgan fingerprint density at radius 3 is 3.08 bits per heavy atom. The summed E-state index contributed by atoms with van der Waals surface area (Å²) in [4.78, 5) is 3.90. The number of aromatic amines is 1. The Labute approximate surface area is 74.4 Å². The summed E-state index contributed by atoms with van der Waals surface area (Å²) in [5.41, 5.74) is 5.31. The van der Waals surface area contributed by atoms with E-state index in [1.54, 1.807) is 0 Å². The molecular formula is C6H9N5S. The van der Waals surface area contributed by atoms with Crippen molar-refractivity contribution in [1.82, 2.24) is 15.2 Å². The first-order valence-corrected chi connectivity index (χ1v) is 4.49. The summed E-state index contributed by atoms with van der Waals surface area (Å²) in [6.45, 7) is 0. The predicted molar refractivity (Wildman–Crippen MR) is 46.4 cm³/mol. The molecule has 0 saturated carbocycles. The third-order valence-corrected chi connectivity index (χ3v) is 2.08. The summed E-state index contributed by atoms with van der Waals surface area (Å²) in [6, 6.07) is 2.07. The normalized spacial score (nSPS) is 9.58. The Bertz CT molecular complexity index is 276. The molecule has 1 rings (SSSR count). The van der Waals surface area contributed by atoms with E-state index in [0.29, 0.717) is 17.5 Å². The van der Waals surface area contributed by atoms with Crippen LogP contribution in [0.15, 0.2) is 5.16 Å². The van der Waals surface area contributed by atoms with Crippen LogP contribution in [0.25, 0.3) is 0 Å². The van der Waals surface area contributed by atoms with Gasteiger partial charge in [0.2, 0.25) is 11.1 Å². The summed E-state index contributed by atoms with van der Waals surface area (Å²) >= 11 is 1.50. The number of aromatic nitrogens is 3. The zero-order chi connectivity index (χ0) is 8.81. The quantitative estimate of drug-likeness (QED) is 0.531. The lowest BCUT2D eigenvalue weighted by Crippen LogP contribution is -1.85. The van der Waals surface area contributed by atoms with Crippen LogP contribution >= 0.6 is 11.8 Å². The number of nitrogens with two attached hydrogens (primary N) is 1. The molecule has 0 amide bonds. The monoisotopic (exact) mass is 183 g/mol. The molecule has 0 saturated heterocycles. The third-order valence-electron chi connectivity index (χ3n) is 1.15. The summed E-state index contributed by atoms with van der Waals surface area (Å²) in [7, 11) is 0. The third kappa shape index (κ3) is 2.80. The number of nitrogens with one attached hydrogen (secondary N) is 1. The van der Waals surface area contributed by atoms with Crippen LogP contribution in [-0.2, 0) is 0 Å². The molecule has 0 radical (unpaired) electrons. The molecule has 0 aliphatic rings. The van der Waals surface area contributed by atoms with E-state index in [9.17, 15) is 0 Å². The molecule has 0 spiro atoms. The molecule has 1 aromatic rings. The second-order valence-electron chi connectivity index (χ2n) is 2.11. The Morgan fingerprint density at radius 1 is 1.67 bits per heavy atom. The molecule has 0 aliphatic heterocycles. The van der Waals surface area contributed by atoms with Crippen molar-refractivity contribution in [3.63, 3.8) is 0 Å². The molecule has 5 nitrogen and oxygen atoms in total. The average Bonchev–Trinajstić information content (AvgIpc) is 2.45. The van der Waals surface area contributed by atoms with Crippen LogP contribution in [-0.4, -0.2) is 20.9 Å². The number of nitrogens with zero attached hydrogens (tertiary/aromatic N) is 3. The van der Waals surface area contributed by atoms with Crippen molar-refractivity contribution >= 4 is 17.7 Å². The van der Waals surface area contributed by atoms with Gasteiger partial charge in [0, 0.05) is 12.2 Å². The van der Waals surface area contributed by atoms with Crippen molar-refractivity contribution in [1.29, 1.82) is 5.26 Å². The van der Waals surface area contributed by atoms with Gasteiger partial charge in [0.1, 0.15) is 0 Å². The van der Waals surface area contributed by atoms with Crippen LogP contribution in [0.1, 0.15) is 12.8 Å². The molecule has 64 valence electrons. The SMILES string of the molecule is N#CCCCSc1n[nH]c(N)n1. The number of unbranched alkanes of at least 4 members (excludes halogenated alkanes) is 1. The minimum absolute atomic E-state index is 0.331. The van der Waals surface area contributed by atoms with Gasteiger partial charge >= 0.3 is 0 Å². The van der Waals surface area contributed by atoms with Gasteiger partial charge in [0.05, 0.1) is 6.07 Å². The van der Waals surface area contributed by atoms with E-state index in [2.05, 4.69) is 21.3 Å². The van der Waals surface area contributed by atoms with E-state index in [1.165, 1.54) is 11.8 Å². The van der Waals surface area contributed by atoms with Gasteiger partial charge in [-0.05, 0) is 6.42 Å². The first-order chi connectivity index (χ1) is 5.83. The molecule has 0 aliphatic carbocycles. The van der Waals surface area contributed by atoms with E-state index in [4.69, 9.17) is 11.0 Å². The van der Waals surface area contributed by atoms with Gasteiger partial charge in [-0.1, -0.05) is 11.8 Å². The largest absolute Gasteiger partial charge is 0.368 e. The summed E-state index contributed by atoms with van der Waals surface area (Å²) in [5, 5.41) is 15.3. The van der Waals surface area contributed by atoms with Gasteiger partial charge in [0.25, 0.3) is 0 Å². The van der Waals surface area contributed by atoms with E-state index >= 15 is 0 Å². The van der Waals surface area contributed by atoms with Crippen molar-refractivity contribution in [2.45, 2.75) is 18.0 Å². The van der Waals surface area contributed by atoms with Crippen LogP contribution < -0.4 is 5.73 Å². The Balaban J connectivity index is 2.21. The van der Waals surface area contributed by atoms with Crippen LogP contribution in [0.4, 0.5) is 5.95 Å². The topological polar surface area (TPSA) is 91.4 Å². The van der Waals surface area contributed by atoms with Crippen LogP contribution in [0.5, 0.6) is 0 Å². The fourth-order valence-electron chi connectivity index (χ4n) is 0.637. The molecule has 0 aromatic carbocycles. The van der Waals surface area contributed by atoms with Crippen LogP contribution in [0, 0.1) is 11.3 Å².